The van der Waals surface area contributed by atoms with Crippen LogP contribution in [0.25, 0.3) is 11.2 Å². The monoisotopic (exact) mass is 365 g/mol. The highest BCUT2D eigenvalue weighted by Crippen LogP contribution is 2.45. The number of imidazole rings is 1. The number of esters is 1. The normalized spacial score (nSPS) is 29.8. The molecule has 0 radical (unpaired) electrons. The van der Waals surface area contributed by atoms with Gasteiger partial charge < -0.3 is 29.8 Å². The molecule has 0 bridgehead atoms. The van der Waals surface area contributed by atoms with Gasteiger partial charge in [0.05, 0.1) is 6.61 Å². The maximum absolute atomic E-state index is 11.5. The van der Waals surface area contributed by atoms with E-state index in [0.717, 1.165) is 0 Å². The summed E-state index contributed by atoms with van der Waals surface area (Å²) in [4.78, 5) is 23.8. The van der Waals surface area contributed by atoms with Crippen molar-refractivity contribution < 1.29 is 28.8 Å². The van der Waals surface area contributed by atoms with E-state index in [-0.39, 0.29) is 24.0 Å². The van der Waals surface area contributed by atoms with E-state index in [9.17, 15) is 9.90 Å². The Morgan fingerprint density at radius 1 is 1.38 bits per heavy atom. The molecular formula is C15H19N5O6. The number of hydrogen-bond donors (Lipinski definition) is 2. The molecule has 2 saturated heterocycles. The number of ether oxygens (including phenoxy) is 4. The maximum Gasteiger partial charge on any atom is 0.310 e. The number of aliphatic hydroxyl groups is 1. The van der Waals surface area contributed by atoms with E-state index < -0.39 is 36.3 Å². The summed E-state index contributed by atoms with van der Waals surface area (Å²) in [6, 6.07) is -0.0460. The molecule has 0 aliphatic carbocycles. The molecule has 2 aliphatic heterocycles. The molecule has 0 aromatic carbocycles. The lowest BCUT2D eigenvalue weighted by Crippen LogP contribution is -2.31. The van der Waals surface area contributed by atoms with Crippen molar-refractivity contribution >= 4 is 23.0 Å². The number of nitrogen functional groups attached to an aromatic ring is 1. The van der Waals surface area contributed by atoms with Gasteiger partial charge in [-0.15, -0.1) is 0 Å². The first-order valence-corrected chi connectivity index (χ1v) is 8.09. The van der Waals surface area contributed by atoms with E-state index in [0.29, 0.717) is 5.65 Å². The molecule has 11 heteroatoms. The lowest BCUT2D eigenvalue weighted by molar-refractivity contribution is -0.200. The summed E-state index contributed by atoms with van der Waals surface area (Å²) >= 11 is 0. The van der Waals surface area contributed by atoms with Crippen LogP contribution in [0.3, 0.4) is 0 Å². The summed E-state index contributed by atoms with van der Waals surface area (Å²) in [5.74, 6) is -1.28. The summed E-state index contributed by atoms with van der Waals surface area (Å²) in [7, 11) is 0. The Balaban J connectivity index is 1.85. The molecule has 2 fully saturated rings. The number of aliphatic hydroxyl groups excluding tert-OH is 1. The average Bonchev–Trinajstić information content (AvgIpc) is 3.16. The number of anilines is 1. The Labute approximate surface area is 148 Å². The summed E-state index contributed by atoms with van der Waals surface area (Å²) in [6.07, 6.45) is -1.19. The Morgan fingerprint density at radius 3 is 2.81 bits per heavy atom. The van der Waals surface area contributed by atoms with Gasteiger partial charge in [0.15, 0.2) is 29.0 Å². The van der Waals surface area contributed by atoms with Crippen molar-refractivity contribution in [2.45, 2.75) is 51.1 Å². The minimum Gasteiger partial charge on any atom is -0.394 e. The molecule has 3 N–H and O–H groups in total. The van der Waals surface area contributed by atoms with Crippen LogP contribution in [0.5, 0.6) is 6.01 Å². The number of fused-ring (bicyclic) bond motifs is 2. The molecular weight excluding hydrogens is 346 g/mol. The Kier molecular flexibility index (Phi) is 3.84. The van der Waals surface area contributed by atoms with Crippen LogP contribution in [0.1, 0.15) is 27.0 Å². The molecule has 4 heterocycles. The summed E-state index contributed by atoms with van der Waals surface area (Å²) in [5.41, 5.74) is 6.46. The predicted molar refractivity (Wildman–Crippen MR) is 85.9 cm³/mol. The van der Waals surface area contributed by atoms with Crippen molar-refractivity contribution in [1.82, 2.24) is 19.5 Å². The number of hydrogen-bond acceptors (Lipinski definition) is 10. The van der Waals surface area contributed by atoms with Gasteiger partial charge in [-0.2, -0.15) is 4.98 Å². The van der Waals surface area contributed by atoms with E-state index >= 15 is 0 Å². The van der Waals surface area contributed by atoms with Crippen molar-refractivity contribution in [2.75, 3.05) is 12.3 Å². The standard InChI is InChI=1S/C15H19N5O6/c1-6(22)23-14-19-8-11(16)17-5-18-12(8)20(14)13-10-9(7(4-21)24-13)25-15(2,3)26-10/h5,7,9-10,13,21H,4H2,1-3H3,(H2,16,17,18)/t7-,9-,10-,13-/m1/s1. The molecule has 26 heavy (non-hydrogen) atoms. The molecule has 4 atom stereocenters. The first kappa shape index (κ1) is 17.1. The summed E-state index contributed by atoms with van der Waals surface area (Å²) < 4.78 is 24.4. The van der Waals surface area contributed by atoms with Crippen molar-refractivity contribution in [3.05, 3.63) is 6.33 Å². The molecule has 0 amide bonds. The highest BCUT2D eigenvalue weighted by Gasteiger charge is 2.56. The highest BCUT2D eigenvalue weighted by atomic mass is 16.8. The fourth-order valence-corrected chi connectivity index (χ4v) is 3.35. The lowest BCUT2D eigenvalue weighted by Gasteiger charge is -2.24. The van der Waals surface area contributed by atoms with Crippen molar-refractivity contribution in [1.29, 1.82) is 0 Å². The zero-order valence-electron chi connectivity index (χ0n) is 14.4. The Bertz CT molecular complexity index is 868. The molecule has 0 saturated carbocycles. The Hall–Kier alpha value is -2.34. The van der Waals surface area contributed by atoms with Crippen LogP contribution in [-0.4, -0.2) is 61.3 Å². The van der Waals surface area contributed by atoms with Gasteiger partial charge in [0, 0.05) is 6.92 Å². The van der Waals surface area contributed by atoms with Crippen molar-refractivity contribution in [3.8, 4) is 6.01 Å². The van der Waals surface area contributed by atoms with Crippen LogP contribution < -0.4 is 10.5 Å². The van der Waals surface area contributed by atoms with E-state index in [1.54, 1.807) is 13.8 Å². The second-order valence-corrected chi connectivity index (χ2v) is 6.60. The van der Waals surface area contributed by atoms with Gasteiger partial charge in [0.25, 0.3) is 0 Å². The van der Waals surface area contributed by atoms with Gasteiger partial charge in [0.1, 0.15) is 24.6 Å². The lowest BCUT2D eigenvalue weighted by atomic mass is 10.1. The zero-order chi connectivity index (χ0) is 18.6. The number of nitrogens with two attached hydrogens (primary N) is 1. The third-order valence-corrected chi connectivity index (χ3v) is 4.27. The van der Waals surface area contributed by atoms with E-state index in [4.69, 9.17) is 24.7 Å². The molecule has 0 unspecified atom stereocenters. The molecule has 4 rings (SSSR count). The zero-order valence-corrected chi connectivity index (χ0v) is 14.4. The second kappa shape index (κ2) is 5.84. The molecule has 2 aromatic rings. The van der Waals surface area contributed by atoms with Gasteiger partial charge >= 0.3 is 12.0 Å². The largest absolute Gasteiger partial charge is 0.394 e. The van der Waals surface area contributed by atoms with Gasteiger partial charge in [-0.25, -0.2) is 14.5 Å². The summed E-state index contributed by atoms with van der Waals surface area (Å²) in [5, 5.41) is 9.65. The van der Waals surface area contributed by atoms with Gasteiger partial charge in [-0.1, -0.05) is 0 Å². The van der Waals surface area contributed by atoms with Gasteiger partial charge in [-0.05, 0) is 13.8 Å². The fraction of sp³-hybridized carbons (Fsp3) is 0.600. The number of carbonyl (C=O) groups excluding carboxylic acids is 1. The minimum atomic E-state index is -0.850. The summed E-state index contributed by atoms with van der Waals surface area (Å²) in [6.45, 7) is 4.54. The van der Waals surface area contributed by atoms with Crippen molar-refractivity contribution in [2.24, 2.45) is 0 Å². The number of nitrogens with zero attached hydrogens (tertiary/aromatic N) is 4. The first-order valence-electron chi connectivity index (χ1n) is 8.09. The molecule has 2 aliphatic rings. The van der Waals surface area contributed by atoms with Crippen LogP contribution in [-0.2, 0) is 19.0 Å². The average molecular weight is 365 g/mol. The van der Waals surface area contributed by atoms with Crippen molar-refractivity contribution in [3.63, 3.8) is 0 Å². The van der Waals surface area contributed by atoms with Crippen LogP contribution >= 0.6 is 0 Å². The number of rotatable bonds is 3. The highest BCUT2D eigenvalue weighted by molar-refractivity contribution is 5.83. The molecule has 140 valence electrons. The van der Waals surface area contributed by atoms with Crippen LogP contribution in [0.4, 0.5) is 5.82 Å². The molecule has 0 spiro atoms. The number of carbonyl (C=O) groups is 1. The van der Waals surface area contributed by atoms with Gasteiger partial charge in [0.2, 0.25) is 0 Å². The topological polar surface area (TPSA) is 144 Å². The van der Waals surface area contributed by atoms with Crippen LogP contribution in [0, 0.1) is 0 Å². The molecule has 11 nitrogen and oxygen atoms in total. The van der Waals surface area contributed by atoms with E-state index in [2.05, 4.69) is 15.0 Å². The smallest absolute Gasteiger partial charge is 0.310 e. The minimum absolute atomic E-state index is 0.0460. The SMILES string of the molecule is CC(=O)Oc1nc2c(N)ncnc2n1[C@@H]1O[C@H](CO)[C@H]2OC(C)(C)O[C@H]21. The van der Waals surface area contributed by atoms with Gasteiger partial charge in [-0.3, -0.25) is 4.79 Å². The fourth-order valence-electron chi connectivity index (χ4n) is 3.35. The van der Waals surface area contributed by atoms with Crippen LogP contribution in [0.2, 0.25) is 0 Å². The quantitative estimate of drug-likeness (QED) is 0.698. The van der Waals surface area contributed by atoms with E-state index in [1.807, 2.05) is 0 Å². The second-order valence-electron chi connectivity index (χ2n) is 6.60. The third kappa shape index (κ3) is 2.60. The van der Waals surface area contributed by atoms with E-state index in [1.165, 1.54) is 17.8 Å². The first-order chi connectivity index (χ1) is 12.3. The third-order valence-electron chi connectivity index (χ3n) is 4.27. The molecule has 2 aromatic heterocycles. The predicted octanol–water partition coefficient (Wildman–Crippen LogP) is -0.256. The maximum atomic E-state index is 11.5. The Morgan fingerprint density at radius 2 is 2.12 bits per heavy atom. The van der Waals surface area contributed by atoms with Crippen LogP contribution in [0.15, 0.2) is 6.33 Å². The number of aromatic nitrogens is 4.